The Morgan fingerprint density at radius 1 is 0.850 bits per heavy atom. The van der Waals surface area contributed by atoms with Crippen molar-refractivity contribution in [2.75, 3.05) is 5.32 Å². The van der Waals surface area contributed by atoms with E-state index in [-0.39, 0.29) is 23.7 Å². The number of rotatable bonds is 9. The molecule has 4 rings (SSSR count). The summed E-state index contributed by atoms with van der Waals surface area (Å²) in [6.07, 6.45) is 1.20. The molecule has 3 aromatic carbocycles. The molecule has 0 fully saturated rings. The van der Waals surface area contributed by atoms with Crippen LogP contribution in [0.4, 0.5) is 5.69 Å². The van der Waals surface area contributed by atoms with Gasteiger partial charge in [-0.25, -0.2) is 13.8 Å². The first kappa shape index (κ1) is 29.5. The third-order valence-corrected chi connectivity index (χ3v) is 8.24. The van der Waals surface area contributed by atoms with Crippen molar-refractivity contribution in [1.29, 1.82) is 0 Å². The fraction of sp³-hybridized carbons (Fsp3) is 0.0741. The zero-order chi connectivity index (χ0) is 28.7. The number of halogens is 3. The minimum absolute atomic E-state index is 0.0514. The number of hydrogen-bond donors (Lipinski definition) is 2. The number of carbonyl (C=O) groups is 2. The Hall–Kier alpha value is -3.48. The topological polar surface area (TPSA) is 121 Å². The number of benzene rings is 3. The van der Waals surface area contributed by atoms with Gasteiger partial charge in [-0.1, -0.05) is 51.3 Å². The van der Waals surface area contributed by atoms with Crippen molar-refractivity contribution in [2.45, 2.75) is 18.0 Å². The van der Waals surface area contributed by atoms with Crippen LogP contribution in [0.1, 0.15) is 17.1 Å². The number of hydrazone groups is 1. The number of carbonyl (C=O) groups excluding carboxylic acids is 2. The molecule has 40 heavy (non-hydrogen) atoms. The molecular weight excluding hydrogens is 643 g/mol. The van der Waals surface area contributed by atoms with Crippen molar-refractivity contribution < 1.29 is 22.4 Å². The fourth-order valence-corrected chi connectivity index (χ4v) is 5.33. The number of anilines is 1. The fourth-order valence-electron chi connectivity index (χ4n) is 3.42. The summed E-state index contributed by atoms with van der Waals surface area (Å²) in [6.45, 7) is -0.0425. The van der Waals surface area contributed by atoms with Crippen molar-refractivity contribution >= 4 is 72.9 Å². The van der Waals surface area contributed by atoms with Gasteiger partial charge < -0.3 is 9.73 Å². The summed E-state index contributed by atoms with van der Waals surface area (Å²) >= 11 is 15.2. The molecule has 0 saturated carbocycles. The molecule has 0 unspecified atom stereocenters. The predicted molar refractivity (Wildman–Crippen MR) is 157 cm³/mol. The first-order chi connectivity index (χ1) is 19.1. The highest BCUT2D eigenvalue weighted by atomic mass is 79.9. The van der Waals surface area contributed by atoms with E-state index in [9.17, 15) is 18.0 Å². The molecule has 2 amide bonds. The molecule has 9 nitrogen and oxygen atoms in total. The average Bonchev–Trinajstić information content (AvgIpc) is 3.38. The van der Waals surface area contributed by atoms with Crippen LogP contribution < -0.4 is 10.7 Å². The van der Waals surface area contributed by atoms with E-state index < -0.39 is 21.8 Å². The molecule has 1 aromatic heterocycles. The molecule has 206 valence electrons. The van der Waals surface area contributed by atoms with E-state index >= 15 is 0 Å². The largest absolute Gasteiger partial charge is 0.459 e. The Balaban J connectivity index is 1.44. The molecule has 0 aliphatic heterocycles. The smallest absolute Gasteiger partial charge is 0.329 e. The average molecular weight is 664 g/mol. The summed E-state index contributed by atoms with van der Waals surface area (Å²) in [5, 5.41) is 7.14. The van der Waals surface area contributed by atoms with Crippen LogP contribution in [0, 0.1) is 0 Å². The molecule has 0 radical (unpaired) electrons. The Bertz CT molecular complexity index is 1620. The molecule has 0 spiro atoms. The molecule has 1 heterocycles. The molecule has 0 bridgehead atoms. The summed E-state index contributed by atoms with van der Waals surface area (Å²) in [7, 11) is -3.94. The maximum atomic E-state index is 13.5. The quantitative estimate of drug-likeness (QED) is 0.133. The highest BCUT2D eigenvalue weighted by Crippen LogP contribution is 2.24. The second-order valence-corrected chi connectivity index (χ2v) is 12.0. The number of amides is 2. The first-order valence-electron chi connectivity index (χ1n) is 11.6. The summed E-state index contributed by atoms with van der Waals surface area (Å²) < 4.78 is 34.8. The number of hydrogen-bond acceptors (Lipinski definition) is 6. The summed E-state index contributed by atoms with van der Waals surface area (Å²) in [6, 6.07) is 22.6. The van der Waals surface area contributed by atoms with Gasteiger partial charge in [-0.2, -0.15) is 9.41 Å². The lowest BCUT2D eigenvalue weighted by Crippen LogP contribution is -2.32. The molecule has 4 aromatic rings. The lowest BCUT2D eigenvalue weighted by molar-refractivity contribution is -0.136. The van der Waals surface area contributed by atoms with Crippen LogP contribution in [0.2, 0.25) is 10.0 Å². The molecular formula is C27H21BrCl2N4O5S. The van der Waals surface area contributed by atoms with Crippen LogP contribution in [0.15, 0.2) is 104 Å². The Morgan fingerprint density at radius 2 is 1.48 bits per heavy atom. The second kappa shape index (κ2) is 13.2. The maximum absolute atomic E-state index is 13.5. The molecule has 0 aliphatic rings. The minimum Gasteiger partial charge on any atom is -0.459 e. The SMILES string of the molecule is O=C(N/N=C/c1ccc(CN(Cc2ccc(Cl)cc2)S(=O)(=O)c2ccc(Cl)cc2)o1)C(=O)Nc1ccc(Br)cc1. The van der Waals surface area contributed by atoms with Crippen LogP contribution in [-0.4, -0.2) is 30.8 Å². The Morgan fingerprint density at radius 3 is 2.12 bits per heavy atom. The van der Waals surface area contributed by atoms with Gasteiger partial charge in [-0.15, -0.1) is 0 Å². The summed E-state index contributed by atoms with van der Waals surface area (Å²) in [5.41, 5.74) is 3.29. The Labute approximate surface area is 249 Å². The number of nitrogens with one attached hydrogen (secondary N) is 2. The van der Waals surface area contributed by atoms with Gasteiger partial charge in [0.1, 0.15) is 11.5 Å². The monoisotopic (exact) mass is 662 g/mol. The summed E-state index contributed by atoms with van der Waals surface area (Å²) in [4.78, 5) is 24.2. The van der Waals surface area contributed by atoms with Crippen molar-refractivity contribution in [3.05, 3.63) is 117 Å². The van der Waals surface area contributed by atoms with Gasteiger partial charge in [0.2, 0.25) is 10.0 Å². The molecule has 0 aliphatic carbocycles. The zero-order valence-corrected chi connectivity index (χ0v) is 24.5. The lowest BCUT2D eigenvalue weighted by Gasteiger charge is -2.21. The van der Waals surface area contributed by atoms with Gasteiger partial charge in [-0.05, 0) is 78.4 Å². The standard InChI is InChI=1S/C27H21BrCl2N4O5S/c28-19-3-9-22(10-4-19)32-26(35)27(36)33-31-15-23-11-12-24(39-23)17-34(16-18-1-5-20(29)6-2-18)40(37,38)25-13-7-21(30)8-14-25/h1-15H,16-17H2,(H,32,35)(H,33,36)/b31-15+. The molecule has 2 N–H and O–H groups in total. The zero-order valence-electron chi connectivity index (χ0n) is 20.6. The van der Waals surface area contributed by atoms with E-state index in [2.05, 4.69) is 31.8 Å². The van der Waals surface area contributed by atoms with Crippen LogP contribution >= 0.6 is 39.1 Å². The van der Waals surface area contributed by atoms with E-state index in [0.717, 1.165) is 10.0 Å². The van der Waals surface area contributed by atoms with Crippen molar-refractivity contribution in [3.63, 3.8) is 0 Å². The van der Waals surface area contributed by atoms with Gasteiger partial charge in [0.25, 0.3) is 0 Å². The van der Waals surface area contributed by atoms with Crippen molar-refractivity contribution in [3.8, 4) is 0 Å². The summed E-state index contributed by atoms with van der Waals surface area (Å²) in [5.74, 6) is -1.31. The van der Waals surface area contributed by atoms with Crippen LogP contribution in [-0.2, 0) is 32.7 Å². The van der Waals surface area contributed by atoms with E-state index in [1.54, 1.807) is 60.7 Å². The predicted octanol–water partition coefficient (Wildman–Crippen LogP) is 5.83. The highest BCUT2D eigenvalue weighted by molar-refractivity contribution is 9.10. The van der Waals surface area contributed by atoms with Crippen molar-refractivity contribution in [1.82, 2.24) is 9.73 Å². The van der Waals surface area contributed by atoms with Crippen LogP contribution in [0.25, 0.3) is 0 Å². The maximum Gasteiger partial charge on any atom is 0.329 e. The van der Waals surface area contributed by atoms with Gasteiger partial charge >= 0.3 is 11.8 Å². The number of sulfonamides is 1. The highest BCUT2D eigenvalue weighted by Gasteiger charge is 2.26. The second-order valence-electron chi connectivity index (χ2n) is 8.32. The van der Waals surface area contributed by atoms with E-state index in [0.29, 0.717) is 21.5 Å². The molecule has 0 atom stereocenters. The van der Waals surface area contributed by atoms with E-state index in [1.165, 1.54) is 34.8 Å². The first-order valence-corrected chi connectivity index (χ1v) is 14.6. The van der Waals surface area contributed by atoms with Crippen LogP contribution in [0.5, 0.6) is 0 Å². The minimum atomic E-state index is -3.94. The van der Waals surface area contributed by atoms with Gasteiger partial charge in [0.05, 0.1) is 17.7 Å². The number of furan rings is 1. The number of nitrogens with zero attached hydrogens (tertiary/aromatic N) is 2. The van der Waals surface area contributed by atoms with Gasteiger partial charge in [0, 0.05) is 26.8 Å². The van der Waals surface area contributed by atoms with Gasteiger partial charge in [0.15, 0.2) is 0 Å². The lowest BCUT2D eigenvalue weighted by atomic mass is 10.2. The normalized spacial score (nSPS) is 11.6. The van der Waals surface area contributed by atoms with E-state index in [4.69, 9.17) is 27.6 Å². The van der Waals surface area contributed by atoms with E-state index in [1.807, 2.05) is 0 Å². The Kier molecular flexibility index (Phi) is 9.77. The van der Waals surface area contributed by atoms with Crippen LogP contribution in [0.3, 0.4) is 0 Å². The van der Waals surface area contributed by atoms with Gasteiger partial charge in [-0.3, -0.25) is 9.59 Å². The van der Waals surface area contributed by atoms with Crippen molar-refractivity contribution in [2.24, 2.45) is 5.10 Å². The third kappa shape index (κ3) is 8.03. The third-order valence-electron chi connectivity index (χ3n) is 5.40. The molecule has 0 saturated heterocycles. The molecule has 13 heteroatoms.